The quantitative estimate of drug-likeness (QED) is 0.813. The summed E-state index contributed by atoms with van der Waals surface area (Å²) in [5.74, 6) is 0. The van der Waals surface area contributed by atoms with Crippen molar-refractivity contribution in [3.63, 3.8) is 0 Å². The minimum absolute atomic E-state index is 0.0467. The third-order valence-electron chi connectivity index (χ3n) is 5.47. The molecule has 156 valence electrons. The monoisotopic (exact) mass is 389 g/mol. The number of likely N-dealkylation sites (N-methyl/N-ethyl adjacent to an activating group) is 1. The van der Waals surface area contributed by atoms with Crippen molar-refractivity contribution in [1.29, 1.82) is 0 Å². The van der Waals surface area contributed by atoms with Crippen molar-refractivity contribution in [2.45, 2.75) is 64.5 Å². The zero-order valence-electron chi connectivity index (χ0n) is 17.5. The first-order valence-electron chi connectivity index (χ1n) is 10.6. The topological polar surface area (TPSA) is 54.0 Å². The number of carbonyl (C=O) groups excluding carboxylic acids is 1. The molecule has 6 nitrogen and oxygen atoms in total. The Labute approximate surface area is 169 Å². The normalized spacial score (nSPS) is 26.0. The Morgan fingerprint density at radius 3 is 2.46 bits per heavy atom. The predicted molar refractivity (Wildman–Crippen MR) is 110 cm³/mol. The van der Waals surface area contributed by atoms with Gasteiger partial charge in [-0.2, -0.15) is 0 Å². The number of morpholine rings is 1. The van der Waals surface area contributed by atoms with E-state index in [4.69, 9.17) is 9.47 Å². The molecular weight excluding hydrogens is 354 g/mol. The summed E-state index contributed by atoms with van der Waals surface area (Å²) in [6.07, 6.45) is 4.11. The number of nitrogens with one attached hydrogen (secondary N) is 1. The summed E-state index contributed by atoms with van der Waals surface area (Å²) < 4.78 is 11.5. The van der Waals surface area contributed by atoms with Crippen LogP contribution in [0.1, 0.15) is 44.2 Å². The molecule has 28 heavy (non-hydrogen) atoms. The Morgan fingerprint density at radius 1 is 1.14 bits per heavy atom. The van der Waals surface area contributed by atoms with Gasteiger partial charge in [0.2, 0.25) is 0 Å². The van der Waals surface area contributed by atoms with Crippen LogP contribution in [0.25, 0.3) is 0 Å². The number of carbonyl (C=O) groups is 1. The number of ether oxygens (including phenoxy) is 2. The zero-order chi connectivity index (χ0) is 19.9. The fourth-order valence-electron chi connectivity index (χ4n) is 4.09. The van der Waals surface area contributed by atoms with E-state index in [1.165, 1.54) is 12.0 Å². The number of benzene rings is 1. The molecule has 0 aliphatic carbocycles. The van der Waals surface area contributed by atoms with Crippen molar-refractivity contribution in [1.82, 2.24) is 15.1 Å². The minimum Gasteiger partial charge on any atom is -0.376 e. The van der Waals surface area contributed by atoms with Crippen molar-refractivity contribution in [3.05, 3.63) is 35.4 Å². The molecule has 6 heteroatoms. The zero-order valence-corrected chi connectivity index (χ0v) is 17.5. The van der Waals surface area contributed by atoms with Gasteiger partial charge in [0, 0.05) is 46.4 Å². The van der Waals surface area contributed by atoms with Gasteiger partial charge >= 0.3 is 6.03 Å². The standard InChI is InChI=1S/C22H35N3O3/c1-17-13-25(14-18(2)28-17)15-20-9-7-19(8-10-20)12-23-22(26)24(3)16-21-6-4-5-11-27-21/h7-10,17-18,21H,4-6,11-16H2,1-3H3,(H,23,26). The molecule has 0 bridgehead atoms. The van der Waals surface area contributed by atoms with Crippen molar-refractivity contribution in [2.75, 3.05) is 33.3 Å². The van der Waals surface area contributed by atoms with Crippen LogP contribution in [0.4, 0.5) is 4.79 Å². The Hall–Kier alpha value is -1.63. The summed E-state index contributed by atoms with van der Waals surface area (Å²) in [4.78, 5) is 16.5. The van der Waals surface area contributed by atoms with E-state index in [0.29, 0.717) is 13.1 Å². The summed E-state index contributed by atoms with van der Waals surface area (Å²) in [5, 5.41) is 3.01. The van der Waals surface area contributed by atoms with Gasteiger partial charge in [-0.3, -0.25) is 4.90 Å². The summed E-state index contributed by atoms with van der Waals surface area (Å²) in [6, 6.07) is 8.48. The summed E-state index contributed by atoms with van der Waals surface area (Å²) in [5.41, 5.74) is 2.41. The highest BCUT2D eigenvalue weighted by atomic mass is 16.5. The van der Waals surface area contributed by atoms with Gasteiger partial charge in [-0.25, -0.2) is 4.79 Å². The van der Waals surface area contributed by atoms with E-state index >= 15 is 0 Å². The number of urea groups is 1. The second kappa shape index (κ2) is 10.2. The minimum atomic E-state index is -0.0467. The van der Waals surface area contributed by atoms with Crippen molar-refractivity contribution in [3.8, 4) is 0 Å². The van der Waals surface area contributed by atoms with Crippen LogP contribution >= 0.6 is 0 Å². The third-order valence-corrected chi connectivity index (χ3v) is 5.47. The van der Waals surface area contributed by atoms with E-state index < -0.39 is 0 Å². The van der Waals surface area contributed by atoms with Gasteiger partial charge in [0.1, 0.15) is 0 Å². The van der Waals surface area contributed by atoms with Crippen molar-refractivity contribution >= 4 is 6.03 Å². The van der Waals surface area contributed by atoms with E-state index in [1.807, 2.05) is 7.05 Å². The lowest BCUT2D eigenvalue weighted by molar-refractivity contribution is -0.0704. The molecule has 2 aliphatic heterocycles. The molecule has 2 fully saturated rings. The highest BCUT2D eigenvalue weighted by Gasteiger charge is 2.22. The molecule has 2 heterocycles. The smallest absolute Gasteiger partial charge is 0.317 e. The first-order valence-corrected chi connectivity index (χ1v) is 10.6. The Bertz CT molecular complexity index is 606. The molecule has 1 aromatic carbocycles. The highest BCUT2D eigenvalue weighted by molar-refractivity contribution is 5.73. The molecule has 0 spiro atoms. The molecule has 1 aromatic rings. The summed E-state index contributed by atoms with van der Waals surface area (Å²) in [7, 11) is 1.83. The molecule has 2 amide bonds. The van der Waals surface area contributed by atoms with Gasteiger partial charge in [0.05, 0.1) is 18.3 Å². The highest BCUT2D eigenvalue weighted by Crippen LogP contribution is 2.15. The number of rotatable bonds is 6. The SMILES string of the molecule is CC1CN(Cc2ccc(CNC(=O)N(C)CC3CCCCO3)cc2)CC(C)O1. The lowest BCUT2D eigenvalue weighted by Crippen LogP contribution is -2.44. The van der Waals surface area contributed by atoms with Crippen LogP contribution in [-0.4, -0.2) is 67.4 Å². The van der Waals surface area contributed by atoms with Crippen LogP contribution in [-0.2, 0) is 22.6 Å². The number of nitrogens with zero attached hydrogens (tertiary/aromatic N) is 2. The van der Waals surface area contributed by atoms with Gasteiger partial charge in [0.25, 0.3) is 0 Å². The van der Waals surface area contributed by atoms with Gasteiger partial charge in [-0.05, 0) is 44.2 Å². The van der Waals surface area contributed by atoms with E-state index in [-0.39, 0.29) is 24.3 Å². The number of hydrogen-bond donors (Lipinski definition) is 1. The molecule has 3 unspecified atom stereocenters. The molecule has 2 saturated heterocycles. The first-order chi connectivity index (χ1) is 13.5. The Balaban J connectivity index is 1.41. The van der Waals surface area contributed by atoms with Gasteiger partial charge < -0.3 is 19.7 Å². The molecule has 3 atom stereocenters. The van der Waals surface area contributed by atoms with Crippen LogP contribution in [0.15, 0.2) is 24.3 Å². The second-order valence-corrected chi connectivity index (χ2v) is 8.30. The average molecular weight is 390 g/mol. The summed E-state index contributed by atoms with van der Waals surface area (Å²) >= 11 is 0. The fourth-order valence-corrected chi connectivity index (χ4v) is 4.09. The average Bonchev–Trinajstić information content (AvgIpc) is 2.67. The molecule has 0 saturated carbocycles. The molecule has 0 radical (unpaired) electrons. The van der Waals surface area contributed by atoms with E-state index in [0.717, 1.165) is 44.6 Å². The Kier molecular flexibility index (Phi) is 7.71. The maximum Gasteiger partial charge on any atom is 0.317 e. The molecule has 3 rings (SSSR count). The van der Waals surface area contributed by atoms with Gasteiger partial charge in [0.15, 0.2) is 0 Å². The van der Waals surface area contributed by atoms with Gasteiger partial charge in [-0.1, -0.05) is 24.3 Å². The molecular formula is C22H35N3O3. The largest absolute Gasteiger partial charge is 0.376 e. The number of hydrogen-bond acceptors (Lipinski definition) is 4. The molecule has 2 aliphatic rings. The van der Waals surface area contributed by atoms with Crippen LogP contribution in [0.5, 0.6) is 0 Å². The predicted octanol–water partition coefficient (Wildman–Crippen LogP) is 3.01. The van der Waals surface area contributed by atoms with Crippen LogP contribution in [0, 0.1) is 0 Å². The Morgan fingerprint density at radius 2 is 1.82 bits per heavy atom. The lowest BCUT2D eigenvalue weighted by Gasteiger charge is -2.35. The van der Waals surface area contributed by atoms with E-state index in [2.05, 4.69) is 48.3 Å². The van der Waals surface area contributed by atoms with Crippen LogP contribution in [0.2, 0.25) is 0 Å². The lowest BCUT2D eigenvalue weighted by atomic mass is 10.1. The van der Waals surface area contributed by atoms with Crippen molar-refractivity contribution in [2.24, 2.45) is 0 Å². The molecule has 1 N–H and O–H groups in total. The van der Waals surface area contributed by atoms with E-state index in [1.54, 1.807) is 4.90 Å². The number of amides is 2. The maximum atomic E-state index is 12.3. The third kappa shape index (κ3) is 6.47. The molecule has 0 aromatic heterocycles. The van der Waals surface area contributed by atoms with E-state index in [9.17, 15) is 4.79 Å². The first kappa shape index (κ1) is 21.1. The van der Waals surface area contributed by atoms with Crippen LogP contribution in [0.3, 0.4) is 0 Å². The van der Waals surface area contributed by atoms with Gasteiger partial charge in [-0.15, -0.1) is 0 Å². The van der Waals surface area contributed by atoms with Crippen molar-refractivity contribution < 1.29 is 14.3 Å². The fraction of sp³-hybridized carbons (Fsp3) is 0.682. The second-order valence-electron chi connectivity index (χ2n) is 8.30. The van der Waals surface area contributed by atoms with Crippen LogP contribution < -0.4 is 5.32 Å². The summed E-state index contributed by atoms with van der Waals surface area (Å²) in [6.45, 7) is 9.15. The maximum absolute atomic E-state index is 12.3.